The van der Waals surface area contributed by atoms with Crippen LogP contribution >= 0.6 is 0 Å². The maximum absolute atomic E-state index is 5.83. The second-order valence-corrected chi connectivity index (χ2v) is 5.08. The van der Waals surface area contributed by atoms with Crippen molar-refractivity contribution in [2.24, 2.45) is 11.7 Å². The van der Waals surface area contributed by atoms with Gasteiger partial charge in [-0.25, -0.2) is 0 Å². The first-order chi connectivity index (χ1) is 8.86. The molecule has 1 aromatic carbocycles. The maximum Gasteiger partial charge on any atom is 0.231 e. The molecule has 2 heterocycles. The van der Waals surface area contributed by atoms with Gasteiger partial charge in [-0.3, -0.25) is 0 Å². The summed E-state index contributed by atoms with van der Waals surface area (Å²) < 4.78 is 10.8. The molecule has 2 aliphatic heterocycles. The molecule has 1 fully saturated rings. The number of benzene rings is 1. The van der Waals surface area contributed by atoms with Crippen molar-refractivity contribution in [1.29, 1.82) is 0 Å². The normalized spacial score (nSPS) is 22.9. The van der Waals surface area contributed by atoms with Crippen LogP contribution in [0.4, 0.5) is 5.69 Å². The summed E-state index contributed by atoms with van der Waals surface area (Å²) >= 11 is 0. The second-order valence-electron chi connectivity index (χ2n) is 5.08. The zero-order chi connectivity index (χ0) is 12.4. The predicted molar refractivity (Wildman–Crippen MR) is 71.2 cm³/mol. The van der Waals surface area contributed by atoms with Crippen LogP contribution in [0.5, 0.6) is 11.5 Å². The minimum Gasteiger partial charge on any atom is -0.454 e. The van der Waals surface area contributed by atoms with E-state index in [1.54, 1.807) is 0 Å². The molecular weight excluding hydrogens is 228 g/mol. The lowest BCUT2D eigenvalue weighted by Crippen LogP contribution is -2.31. The predicted octanol–water partition coefficient (Wildman–Crippen LogP) is 1.98. The van der Waals surface area contributed by atoms with E-state index in [1.807, 2.05) is 6.07 Å². The smallest absolute Gasteiger partial charge is 0.231 e. The van der Waals surface area contributed by atoms with Crippen LogP contribution in [0.25, 0.3) is 0 Å². The van der Waals surface area contributed by atoms with Gasteiger partial charge >= 0.3 is 0 Å². The van der Waals surface area contributed by atoms with Gasteiger partial charge in [0.2, 0.25) is 6.79 Å². The van der Waals surface area contributed by atoms with Gasteiger partial charge in [0.1, 0.15) is 0 Å². The van der Waals surface area contributed by atoms with Crippen LogP contribution in [0, 0.1) is 5.92 Å². The van der Waals surface area contributed by atoms with Crippen LogP contribution in [0.2, 0.25) is 0 Å². The van der Waals surface area contributed by atoms with E-state index in [2.05, 4.69) is 17.0 Å². The van der Waals surface area contributed by atoms with Gasteiger partial charge in [-0.15, -0.1) is 0 Å². The van der Waals surface area contributed by atoms with Crippen LogP contribution in [0.1, 0.15) is 19.3 Å². The number of fused-ring (bicyclic) bond motifs is 1. The average molecular weight is 248 g/mol. The van der Waals surface area contributed by atoms with Crippen LogP contribution in [-0.2, 0) is 0 Å². The molecule has 4 nitrogen and oxygen atoms in total. The number of hydrogen-bond acceptors (Lipinski definition) is 4. The molecule has 1 atom stereocenters. The Kier molecular flexibility index (Phi) is 3.28. The summed E-state index contributed by atoms with van der Waals surface area (Å²) in [6.07, 6.45) is 3.77. The summed E-state index contributed by atoms with van der Waals surface area (Å²) in [4.78, 5) is 2.42. The highest BCUT2D eigenvalue weighted by molar-refractivity contribution is 5.57. The third kappa shape index (κ3) is 2.25. The highest BCUT2D eigenvalue weighted by Crippen LogP contribution is 2.36. The molecule has 2 aliphatic rings. The average Bonchev–Trinajstić information content (AvgIpc) is 2.74. The van der Waals surface area contributed by atoms with E-state index in [0.29, 0.717) is 12.7 Å². The van der Waals surface area contributed by atoms with Crippen molar-refractivity contribution < 1.29 is 9.47 Å². The van der Waals surface area contributed by atoms with Gasteiger partial charge in [-0.1, -0.05) is 6.42 Å². The SMILES string of the molecule is NCC1CCCCN(c2ccc3c(c2)OCO3)C1. The number of hydrogen-bond donors (Lipinski definition) is 1. The Labute approximate surface area is 108 Å². The molecular formula is C14H20N2O2. The molecule has 1 unspecified atom stereocenters. The lowest BCUT2D eigenvalue weighted by atomic mass is 10.0. The van der Waals surface area contributed by atoms with Gasteiger partial charge in [0, 0.05) is 24.8 Å². The minimum absolute atomic E-state index is 0.338. The molecule has 98 valence electrons. The summed E-state index contributed by atoms with van der Waals surface area (Å²) in [5.41, 5.74) is 7.05. The third-order valence-electron chi connectivity index (χ3n) is 3.82. The third-order valence-corrected chi connectivity index (χ3v) is 3.82. The Morgan fingerprint density at radius 2 is 2.11 bits per heavy atom. The van der Waals surface area contributed by atoms with Crippen LogP contribution < -0.4 is 20.1 Å². The first-order valence-electron chi connectivity index (χ1n) is 6.71. The standard InChI is InChI=1S/C14H20N2O2/c15-8-11-3-1-2-6-16(9-11)12-4-5-13-14(7-12)18-10-17-13/h4-5,7,11H,1-3,6,8-10,15H2. The number of ether oxygens (including phenoxy) is 2. The zero-order valence-corrected chi connectivity index (χ0v) is 10.6. The summed E-state index contributed by atoms with van der Waals surface area (Å²) in [7, 11) is 0. The Balaban J connectivity index is 1.80. The van der Waals surface area contributed by atoms with Crippen molar-refractivity contribution in [3.05, 3.63) is 18.2 Å². The lowest BCUT2D eigenvalue weighted by molar-refractivity contribution is 0.174. The number of rotatable bonds is 2. The number of nitrogens with zero attached hydrogens (tertiary/aromatic N) is 1. The van der Waals surface area contributed by atoms with Gasteiger partial charge in [0.05, 0.1) is 0 Å². The van der Waals surface area contributed by atoms with Gasteiger partial charge in [-0.05, 0) is 37.4 Å². The van der Waals surface area contributed by atoms with Crippen LogP contribution in [0.3, 0.4) is 0 Å². The first kappa shape index (κ1) is 11.7. The van der Waals surface area contributed by atoms with Crippen LogP contribution in [0.15, 0.2) is 18.2 Å². The van der Waals surface area contributed by atoms with Gasteiger partial charge in [0.15, 0.2) is 11.5 Å². The van der Waals surface area contributed by atoms with Crippen molar-refractivity contribution in [2.75, 3.05) is 31.3 Å². The van der Waals surface area contributed by atoms with E-state index in [0.717, 1.165) is 31.1 Å². The Morgan fingerprint density at radius 1 is 1.22 bits per heavy atom. The fourth-order valence-electron chi connectivity index (χ4n) is 2.74. The number of nitrogens with two attached hydrogens (primary N) is 1. The Bertz CT molecular complexity index is 422. The quantitative estimate of drug-likeness (QED) is 0.869. The highest BCUT2D eigenvalue weighted by Gasteiger charge is 2.20. The second kappa shape index (κ2) is 5.06. The van der Waals surface area contributed by atoms with Gasteiger partial charge in [0.25, 0.3) is 0 Å². The molecule has 3 rings (SSSR count). The van der Waals surface area contributed by atoms with E-state index in [4.69, 9.17) is 15.2 Å². The van der Waals surface area contributed by atoms with Crippen molar-refractivity contribution in [1.82, 2.24) is 0 Å². The first-order valence-corrected chi connectivity index (χ1v) is 6.71. The van der Waals surface area contributed by atoms with Gasteiger partial charge < -0.3 is 20.1 Å². The molecule has 1 aromatic rings. The number of anilines is 1. The fraction of sp³-hybridized carbons (Fsp3) is 0.571. The molecule has 4 heteroatoms. The zero-order valence-electron chi connectivity index (χ0n) is 10.6. The van der Waals surface area contributed by atoms with Gasteiger partial charge in [-0.2, -0.15) is 0 Å². The molecule has 0 saturated carbocycles. The highest BCUT2D eigenvalue weighted by atomic mass is 16.7. The van der Waals surface area contributed by atoms with E-state index in [-0.39, 0.29) is 0 Å². The molecule has 18 heavy (non-hydrogen) atoms. The molecule has 0 amide bonds. The van der Waals surface area contributed by atoms with Crippen LogP contribution in [-0.4, -0.2) is 26.4 Å². The fourth-order valence-corrected chi connectivity index (χ4v) is 2.74. The monoisotopic (exact) mass is 248 g/mol. The summed E-state index contributed by atoms with van der Waals surface area (Å²) in [6.45, 7) is 3.28. The van der Waals surface area contributed by atoms with E-state index in [9.17, 15) is 0 Å². The largest absolute Gasteiger partial charge is 0.454 e. The van der Waals surface area contributed by atoms with E-state index in [1.165, 1.54) is 24.9 Å². The molecule has 0 aromatic heterocycles. The van der Waals surface area contributed by atoms with Crippen molar-refractivity contribution >= 4 is 5.69 Å². The Morgan fingerprint density at radius 3 is 3.00 bits per heavy atom. The molecule has 0 bridgehead atoms. The Hall–Kier alpha value is -1.42. The molecule has 0 spiro atoms. The molecule has 1 saturated heterocycles. The summed E-state index contributed by atoms with van der Waals surface area (Å²) in [6, 6.07) is 6.20. The van der Waals surface area contributed by atoms with Crippen molar-refractivity contribution in [3.8, 4) is 11.5 Å². The van der Waals surface area contributed by atoms with Crippen molar-refractivity contribution in [3.63, 3.8) is 0 Å². The summed E-state index contributed by atoms with van der Waals surface area (Å²) in [5, 5.41) is 0. The summed E-state index contributed by atoms with van der Waals surface area (Å²) in [5.74, 6) is 2.32. The van der Waals surface area contributed by atoms with E-state index >= 15 is 0 Å². The minimum atomic E-state index is 0.338. The maximum atomic E-state index is 5.83. The topological polar surface area (TPSA) is 47.7 Å². The molecule has 0 aliphatic carbocycles. The molecule has 2 N–H and O–H groups in total. The lowest BCUT2D eigenvalue weighted by Gasteiger charge is -2.26. The van der Waals surface area contributed by atoms with E-state index < -0.39 is 0 Å². The molecule has 0 radical (unpaired) electrons. The van der Waals surface area contributed by atoms with Crippen molar-refractivity contribution in [2.45, 2.75) is 19.3 Å².